The number of benzene rings is 1. The smallest absolute Gasteiger partial charge is 0.331 e. The van der Waals surface area contributed by atoms with Crippen LogP contribution >= 0.6 is 0 Å². The first kappa shape index (κ1) is 17.8. The lowest BCUT2D eigenvalue weighted by atomic mass is 10.2. The Morgan fingerprint density at radius 2 is 2.04 bits per heavy atom. The van der Waals surface area contributed by atoms with Crippen LogP contribution in [-0.4, -0.2) is 29.1 Å². The molecule has 7 nitrogen and oxygen atoms in total. The highest BCUT2D eigenvalue weighted by molar-refractivity contribution is 5.87. The molecule has 0 spiro atoms. The second kappa shape index (κ2) is 9.61. The van der Waals surface area contributed by atoms with E-state index >= 15 is 0 Å². The highest BCUT2D eigenvalue weighted by Gasteiger charge is 2.04. The SMILES string of the molecule is O=C/C=C\O/C(=C\OF)COC(=O)/C=C/c1ccc(O)c(O)c1. The van der Waals surface area contributed by atoms with Crippen molar-refractivity contribution in [2.24, 2.45) is 0 Å². The second-order valence-corrected chi connectivity index (χ2v) is 3.94. The molecule has 0 saturated carbocycles. The van der Waals surface area contributed by atoms with Gasteiger partial charge in [0.2, 0.25) is 0 Å². The van der Waals surface area contributed by atoms with Crippen molar-refractivity contribution in [3.05, 3.63) is 54.2 Å². The number of hydrogen-bond acceptors (Lipinski definition) is 7. The number of carbonyl (C=O) groups is 2. The van der Waals surface area contributed by atoms with Crippen molar-refractivity contribution in [1.82, 2.24) is 0 Å². The molecule has 0 aromatic heterocycles. The molecule has 1 aromatic carbocycles. The van der Waals surface area contributed by atoms with E-state index in [1.165, 1.54) is 24.3 Å². The minimum Gasteiger partial charge on any atom is -0.504 e. The van der Waals surface area contributed by atoms with Crippen LogP contribution in [0.15, 0.2) is 48.6 Å². The topological polar surface area (TPSA) is 102 Å². The average molecular weight is 324 g/mol. The fourth-order valence-electron chi connectivity index (χ4n) is 1.30. The first-order chi connectivity index (χ1) is 11.1. The second-order valence-electron chi connectivity index (χ2n) is 3.94. The summed E-state index contributed by atoms with van der Waals surface area (Å²) in [4.78, 5) is 24.8. The maximum Gasteiger partial charge on any atom is 0.331 e. The average Bonchev–Trinajstić information content (AvgIpc) is 2.54. The summed E-state index contributed by atoms with van der Waals surface area (Å²) >= 11 is 0. The van der Waals surface area contributed by atoms with Crippen LogP contribution in [-0.2, 0) is 24.0 Å². The van der Waals surface area contributed by atoms with E-state index in [0.717, 1.165) is 18.4 Å². The molecule has 8 heteroatoms. The van der Waals surface area contributed by atoms with E-state index < -0.39 is 12.6 Å². The van der Waals surface area contributed by atoms with Crippen LogP contribution in [0.2, 0.25) is 0 Å². The molecule has 0 amide bonds. The summed E-state index contributed by atoms with van der Waals surface area (Å²) in [6.45, 7) is -0.433. The van der Waals surface area contributed by atoms with Crippen molar-refractivity contribution in [1.29, 1.82) is 0 Å². The number of phenolic OH excluding ortho intramolecular Hbond substituents is 2. The van der Waals surface area contributed by atoms with Gasteiger partial charge in [-0.1, -0.05) is 6.07 Å². The summed E-state index contributed by atoms with van der Waals surface area (Å²) in [5, 5.41) is 18.4. The van der Waals surface area contributed by atoms with Crippen LogP contribution in [0.5, 0.6) is 11.5 Å². The third-order valence-corrected chi connectivity index (χ3v) is 2.32. The Labute approximate surface area is 130 Å². The Bertz CT molecular complexity index is 635. The van der Waals surface area contributed by atoms with Crippen molar-refractivity contribution < 1.29 is 38.7 Å². The van der Waals surface area contributed by atoms with Gasteiger partial charge in [-0.2, -0.15) is 0 Å². The van der Waals surface area contributed by atoms with Gasteiger partial charge in [0.15, 0.2) is 30.1 Å². The molecule has 122 valence electrons. The molecule has 0 aliphatic heterocycles. The highest BCUT2D eigenvalue weighted by atomic mass is 19.3. The van der Waals surface area contributed by atoms with Crippen LogP contribution in [0.1, 0.15) is 5.56 Å². The van der Waals surface area contributed by atoms with Crippen LogP contribution in [0.3, 0.4) is 0 Å². The highest BCUT2D eigenvalue weighted by Crippen LogP contribution is 2.25. The third-order valence-electron chi connectivity index (χ3n) is 2.32. The number of rotatable bonds is 8. The lowest BCUT2D eigenvalue weighted by molar-refractivity contribution is -0.137. The lowest BCUT2D eigenvalue weighted by Gasteiger charge is -2.05. The number of ether oxygens (including phenoxy) is 2. The number of phenols is 2. The molecule has 1 rings (SSSR count). The summed E-state index contributed by atoms with van der Waals surface area (Å²) in [6.07, 6.45) is 5.36. The third kappa shape index (κ3) is 6.80. The molecule has 0 atom stereocenters. The molecule has 0 fully saturated rings. The minimum absolute atomic E-state index is 0.186. The van der Waals surface area contributed by atoms with Gasteiger partial charge in [0, 0.05) is 16.7 Å². The summed E-state index contributed by atoms with van der Waals surface area (Å²) < 4.78 is 21.3. The molecule has 0 aliphatic rings. The van der Waals surface area contributed by atoms with Crippen molar-refractivity contribution in [2.45, 2.75) is 0 Å². The van der Waals surface area contributed by atoms with E-state index in [1.54, 1.807) is 0 Å². The van der Waals surface area contributed by atoms with Gasteiger partial charge in [-0.15, -0.1) is 0 Å². The molecule has 0 unspecified atom stereocenters. The maximum atomic E-state index is 11.8. The van der Waals surface area contributed by atoms with E-state index in [9.17, 15) is 19.2 Å². The summed E-state index contributed by atoms with van der Waals surface area (Å²) in [7, 11) is 0. The van der Waals surface area contributed by atoms with Gasteiger partial charge in [0.25, 0.3) is 0 Å². The molecule has 23 heavy (non-hydrogen) atoms. The molecule has 0 aliphatic carbocycles. The molecule has 0 heterocycles. The number of hydrogen-bond donors (Lipinski definition) is 2. The van der Waals surface area contributed by atoms with Gasteiger partial charge in [-0.05, 0) is 23.8 Å². The van der Waals surface area contributed by atoms with Gasteiger partial charge in [0.1, 0.15) is 6.29 Å². The van der Waals surface area contributed by atoms with Crippen molar-refractivity contribution in [3.8, 4) is 11.5 Å². The fourth-order valence-corrected chi connectivity index (χ4v) is 1.30. The quantitative estimate of drug-likeness (QED) is 0.248. The fraction of sp³-hybridized carbons (Fsp3) is 0.0667. The summed E-state index contributed by atoms with van der Waals surface area (Å²) in [5.41, 5.74) is 0.449. The number of carbonyl (C=O) groups excluding carboxylic acids is 2. The van der Waals surface area contributed by atoms with Crippen LogP contribution < -0.4 is 0 Å². The van der Waals surface area contributed by atoms with Crippen LogP contribution in [0, 0.1) is 0 Å². The zero-order chi connectivity index (χ0) is 17.1. The van der Waals surface area contributed by atoms with Gasteiger partial charge in [-0.3, -0.25) is 9.74 Å². The van der Waals surface area contributed by atoms with Crippen molar-refractivity contribution in [2.75, 3.05) is 6.61 Å². The van der Waals surface area contributed by atoms with E-state index in [-0.39, 0.29) is 17.3 Å². The maximum absolute atomic E-state index is 11.8. The molecule has 0 radical (unpaired) electrons. The summed E-state index contributed by atoms with van der Waals surface area (Å²) in [5.74, 6) is -1.58. The number of aldehydes is 1. The Morgan fingerprint density at radius 1 is 1.26 bits per heavy atom. The molecule has 2 N–H and O–H groups in total. The van der Waals surface area contributed by atoms with Crippen LogP contribution in [0.4, 0.5) is 4.53 Å². The van der Waals surface area contributed by atoms with E-state index in [1.807, 2.05) is 0 Å². The largest absolute Gasteiger partial charge is 0.504 e. The van der Waals surface area contributed by atoms with Gasteiger partial charge >= 0.3 is 5.97 Å². The predicted molar refractivity (Wildman–Crippen MR) is 76.3 cm³/mol. The van der Waals surface area contributed by atoms with E-state index in [4.69, 9.17) is 14.6 Å². The van der Waals surface area contributed by atoms with Crippen molar-refractivity contribution >= 4 is 18.3 Å². The summed E-state index contributed by atoms with van der Waals surface area (Å²) in [6, 6.07) is 3.97. The Hall–Kier alpha value is -3.29. The van der Waals surface area contributed by atoms with Gasteiger partial charge < -0.3 is 19.7 Å². The Kier molecular flexibility index (Phi) is 7.42. The van der Waals surface area contributed by atoms with Crippen LogP contribution in [0.25, 0.3) is 6.08 Å². The van der Waals surface area contributed by atoms with Gasteiger partial charge in [-0.25, -0.2) is 4.79 Å². The Balaban J connectivity index is 2.55. The van der Waals surface area contributed by atoms with E-state index in [0.29, 0.717) is 18.1 Å². The number of aromatic hydroxyl groups is 2. The van der Waals surface area contributed by atoms with Crippen molar-refractivity contribution in [3.63, 3.8) is 0 Å². The van der Waals surface area contributed by atoms with Gasteiger partial charge in [0.05, 0.1) is 6.26 Å². The Morgan fingerprint density at radius 3 is 2.70 bits per heavy atom. The molecule has 0 saturated heterocycles. The number of allylic oxidation sites excluding steroid dienone is 1. The number of halogens is 1. The first-order valence-corrected chi connectivity index (χ1v) is 6.17. The number of esters is 1. The first-order valence-electron chi connectivity index (χ1n) is 6.17. The predicted octanol–water partition coefficient (Wildman–Crippen LogP) is 2.13. The lowest BCUT2D eigenvalue weighted by Crippen LogP contribution is -2.05. The normalized spacial score (nSPS) is 11.6. The monoisotopic (exact) mass is 324 g/mol. The molecule has 0 bridgehead atoms. The zero-order valence-corrected chi connectivity index (χ0v) is 11.7. The standard InChI is InChI=1S/C15H13FO7/c16-23-10-12(21-7-1-6-17)9-22-15(20)5-3-11-2-4-13(18)14(19)8-11/h1-8,10,18-19H,9H2/b5-3+,7-1-,12-10-. The van der Waals surface area contributed by atoms with E-state index in [2.05, 4.69) is 4.94 Å². The molecular weight excluding hydrogens is 311 g/mol. The molecule has 1 aromatic rings. The molecular formula is C15H13FO7. The zero-order valence-electron chi connectivity index (χ0n) is 11.7. The minimum atomic E-state index is -0.773.